The molecule has 0 bridgehead atoms. The minimum atomic E-state index is -0.374. The van der Waals surface area contributed by atoms with Crippen molar-refractivity contribution in [2.24, 2.45) is 0 Å². The summed E-state index contributed by atoms with van der Waals surface area (Å²) in [6.45, 7) is 8.76. The third-order valence-electron chi connectivity index (χ3n) is 20.1. The summed E-state index contributed by atoms with van der Waals surface area (Å²) in [5.41, 5.74) is 4.80. The smallest absolute Gasteiger partial charge is 0.274 e. The van der Waals surface area contributed by atoms with Gasteiger partial charge in [0.25, 0.3) is 23.6 Å². The van der Waals surface area contributed by atoms with Crippen LogP contribution in [-0.2, 0) is 30.6 Å². The van der Waals surface area contributed by atoms with Crippen LogP contribution in [0.3, 0.4) is 0 Å². The molecule has 8 N–H and O–H groups in total. The van der Waals surface area contributed by atoms with E-state index in [-0.39, 0.29) is 194 Å². The zero-order valence-electron chi connectivity index (χ0n) is 65.1. The van der Waals surface area contributed by atoms with Gasteiger partial charge < -0.3 is 84.1 Å². The Hall–Kier alpha value is -11.7. The van der Waals surface area contributed by atoms with E-state index in [0.29, 0.717) is 96.5 Å². The number of phenolic OH excluding ortho intramolecular Hbond substituents is 4. The van der Waals surface area contributed by atoms with Crippen molar-refractivity contribution in [2.45, 2.75) is 136 Å². The summed E-state index contributed by atoms with van der Waals surface area (Å²) in [6, 6.07) is 35.7. The van der Waals surface area contributed by atoms with Crippen molar-refractivity contribution in [1.29, 1.82) is 0 Å². The van der Waals surface area contributed by atoms with Gasteiger partial charge in [-0.25, -0.2) is 4.98 Å². The molecule has 610 valence electrons. The second kappa shape index (κ2) is 43.5. The molecule has 6 heterocycles. The molecule has 0 spiro atoms. The fourth-order valence-electron chi connectivity index (χ4n) is 14.4. The third kappa shape index (κ3) is 23.1. The molecule has 115 heavy (non-hydrogen) atoms. The van der Waals surface area contributed by atoms with Crippen molar-refractivity contribution in [3.05, 3.63) is 219 Å². The number of morpholine rings is 1. The standard InChI is InChI=1S/C23H27NO5.C22H25NO5.C21H25N3O5.C21H24N2O6/c1-16(26)22-20(27)10-6-11-21(22)29-15-18-8-4-5-13-24(18)23(28)19-9-3-2-7-17(19)12-14-25;1-15(25)21-19(26)10-6-11-20(21)28-14-17-8-4-5-12-23(17)22(27)18-9-3-2-7-16(18)13-24;1-14(26)19-17(27)6-4-7-18(19)29-13-15-5-2-3-11-24(15)21(28)20-16(8-12-25)22-9-10-23-20;1-14(25)20-18(26)5-2-6-19(20)29-13-15-12-28-11-9-23(15)21(27)16-4-3-8-22-17(16)7-10-24/h2-3,6-7,9-11,18,25,27H,4-5,8,12-15H2,1H3;2-3,6-7,9-11,17,24,26H,4-5,8,12-14H2,1H3;4,6-7,9-10,15,25,27H,2-3,5,8,11-13H2,1H3;2-6,8,15,24,26H,7,9-13H2,1H3/t18-;17-;2*15-/m0000/s1. The van der Waals surface area contributed by atoms with Crippen LogP contribution in [0.25, 0.3) is 0 Å². The summed E-state index contributed by atoms with van der Waals surface area (Å²) in [5.74, 6) is -1.06. The first-order valence-electron chi connectivity index (χ1n) is 38.6. The summed E-state index contributed by atoms with van der Waals surface area (Å²) in [6.07, 6.45) is 13.6. The molecule has 0 unspecified atom stereocenters. The lowest BCUT2D eigenvalue weighted by atomic mass is 9.98. The SMILES string of the molecule is CC(=O)c1c(O)cccc1OC[C@@H]1CCCCN1C(=O)c1ccccc1CCO.CC(=O)c1c(O)cccc1OC[C@@H]1CCCCN1C(=O)c1ccccc1CO.CC(=O)c1c(O)cccc1OC[C@@H]1CCCCN1C(=O)c1nccnc1CCO.CC(=O)c1c(O)cccc1OC[C@@H]1COCCN1C(=O)c1cccnc1CCO. The molecule has 4 saturated heterocycles. The number of aromatic nitrogens is 3. The lowest BCUT2D eigenvalue weighted by molar-refractivity contribution is -0.0152. The zero-order valence-corrected chi connectivity index (χ0v) is 65.1. The first-order chi connectivity index (χ1) is 55.6. The number of aliphatic hydroxyl groups is 4. The highest BCUT2D eigenvalue weighted by molar-refractivity contribution is 6.02. The van der Waals surface area contributed by atoms with Crippen molar-refractivity contribution in [3.63, 3.8) is 0 Å². The van der Waals surface area contributed by atoms with Gasteiger partial charge in [0.15, 0.2) is 23.1 Å². The van der Waals surface area contributed by atoms with Gasteiger partial charge in [0.2, 0.25) is 0 Å². The third-order valence-corrected chi connectivity index (χ3v) is 20.1. The van der Waals surface area contributed by atoms with E-state index in [2.05, 4.69) is 15.0 Å². The number of amides is 4. The van der Waals surface area contributed by atoms with E-state index in [0.717, 1.165) is 63.4 Å². The number of Topliss-reactive ketones (excluding diaryl/α,β-unsaturated/α-hetero) is 4. The molecule has 4 amide bonds. The maximum Gasteiger partial charge on any atom is 0.274 e. The molecule has 0 saturated carbocycles. The Morgan fingerprint density at radius 1 is 0.374 bits per heavy atom. The highest BCUT2D eigenvalue weighted by atomic mass is 16.5. The number of carbonyl (C=O) groups excluding carboxylic acids is 8. The van der Waals surface area contributed by atoms with Crippen molar-refractivity contribution in [3.8, 4) is 46.0 Å². The van der Waals surface area contributed by atoms with Crippen molar-refractivity contribution >= 4 is 46.8 Å². The molecular weight excluding hydrogens is 1480 g/mol. The van der Waals surface area contributed by atoms with E-state index in [1.54, 1.807) is 112 Å². The minimum Gasteiger partial charge on any atom is -0.507 e. The molecule has 0 aliphatic carbocycles. The summed E-state index contributed by atoms with van der Waals surface area (Å²) >= 11 is 0. The predicted octanol–water partition coefficient (Wildman–Crippen LogP) is 9.80. The Kier molecular flexibility index (Phi) is 33.0. The lowest BCUT2D eigenvalue weighted by Gasteiger charge is -2.36. The Balaban J connectivity index is 0.000000175. The molecule has 4 aliphatic rings. The van der Waals surface area contributed by atoms with Crippen molar-refractivity contribution < 1.29 is 103 Å². The number of phenols is 4. The molecule has 4 fully saturated rings. The second-order valence-electron chi connectivity index (χ2n) is 28.0. The van der Waals surface area contributed by atoms with Crippen LogP contribution in [0.1, 0.15) is 191 Å². The highest BCUT2D eigenvalue weighted by Gasteiger charge is 2.35. The monoisotopic (exact) mass is 1580 g/mol. The van der Waals surface area contributed by atoms with E-state index in [4.69, 9.17) is 23.7 Å². The number of nitrogens with zero attached hydrogens (tertiary/aromatic N) is 7. The van der Waals surface area contributed by atoms with Gasteiger partial charge in [0.1, 0.15) is 100 Å². The Bertz CT molecular complexity index is 4330. The number of ketones is 4. The molecule has 0 radical (unpaired) electrons. The van der Waals surface area contributed by atoms with Gasteiger partial charge >= 0.3 is 0 Å². The number of carbonyl (C=O) groups is 8. The predicted molar refractivity (Wildman–Crippen MR) is 424 cm³/mol. The van der Waals surface area contributed by atoms with Crippen molar-refractivity contribution in [1.82, 2.24) is 34.6 Å². The maximum absolute atomic E-state index is 13.2. The number of benzene rings is 6. The van der Waals surface area contributed by atoms with Gasteiger partial charge in [0, 0.05) is 88.6 Å². The van der Waals surface area contributed by atoms with Gasteiger partial charge in [-0.2, -0.15) is 0 Å². The molecule has 28 nitrogen and oxygen atoms in total. The van der Waals surface area contributed by atoms with Crippen molar-refractivity contribution in [2.75, 3.05) is 85.6 Å². The van der Waals surface area contributed by atoms with E-state index in [1.807, 2.05) is 23.1 Å². The van der Waals surface area contributed by atoms with Gasteiger partial charge in [-0.3, -0.25) is 48.3 Å². The molecule has 12 rings (SSSR count). The average Bonchev–Trinajstić information content (AvgIpc) is 0.820. The van der Waals surface area contributed by atoms with Crippen LogP contribution in [0.2, 0.25) is 0 Å². The summed E-state index contributed by atoms with van der Waals surface area (Å²) in [7, 11) is 0. The number of hydrogen-bond acceptors (Lipinski definition) is 24. The van der Waals surface area contributed by atoms with Gasteiger partial charge in [-0.05, 0) is 176 Å². The van der Waals surface area contributed by atoms with Gasteiger partial charge in [0.05, 0.1) is 60.9 Å². The van der Waals surface area contributed by atoms with Crippen LogP contribution in [0.4, 0.5) is 0 Å². The Morgan fingerprint density at radius 3 is 1.16 bits per heavy atom. The average molecular weight is 1580 g/mol. The van der Waals surface area contributed by atoms with Crippen LogP contribution in [-0.4, -0.2) is 232 Å². The minimum absolute atomic E-state index is 0.0117. The molecule has 4 aliphatic heterocycles. The normalized spacial score (nSPS) is 16.5. The number of ether oxygens (including phenoxy) is 5. The van der Waals surface area contributed by atoms with Crippen LogP contribution < -0.4 is 18.9 Å². The van der Waals surface area contributed by atoms with Crippen LogP contribution in [0, 0.1) is 0 Å². The van der Waals surface area contributed by atoms with E-state index in [9.17, 15) is 79.2 Å². The Labute approximate surface area is 667 Å². The number of piperidine rings is 3. The molecular formula is C87H101N7O21. The molecule has 4 atom stereocenters. The molecule has 8 aromatic rings. The van der Waals surface area contributed by atoms with E-state index >= 15 is 0 Å². The topological polar surface area (TPSA) is 396 Å². The number of pyridine rings is 1. The largest absolute Gasteiger partial charge is 0.507 e. The molecule has 28 heteroatoms. The maximum atomic E-state index is 13.2. The number of likely N-dealkylation sites (tertiary alicyclic amines) is 3. The first-order valence-corrected chi connectivity index (χ1v) is 38.6. The van der Waals surface area contributed by atoms with Gasteiger partial charge in [-0.1, -0.05) is 60.7 Å². The number of rotatable bonds is 27. The number of aliphatic hydroxyl groups excluding tert-OH is 4. The summed E-state index contributed by atoms with van der Waals surface area (Å²) < 4.78 is 29.0. The molecule has 2 aromatic heterocycles. The van der Waals surface area contributed by atoms with E-state index < -0.39 is 0 Å². The summed E-state index contributed by atoms with van der Waals surface area (Å²) in [5, 5.41) is 77.2. The Morgan fingerprint density at radius 2 is 0.730 bits per heavy atom. The van der Waals surface area contributed by atoms with Crippen LogP contribution in [0.5, 0.6) is 46.0 Å². The number of hydrogen-bond donors (Lipinski definition) is 8. The number of aromatic hydroxyl groups is 4. The zero-order chi connectivity index (χ0) is 82.5. The second-order valence-corrected chi connectivity index (χ2v) is 28.0. The first kappa shape index (κ1) is 87.3. The quantitative estimate of drug-likeness (QED) is 0.0222. The fraction of sp³-hybridized carbons (Fsp3) is 0.391. The lowest BCUT2D eigenvalue weighted by Crippen LogP contribution is -2.51. The fourth-order valence-corrected chi connectivity index (χ4v) is 14.4. The summed E-state index contributed by atoms with van der Waals surface area (Å²) in [4.78, 5) is 120. The van der Waals surface area contributed by atoms with Crippen LogP contribution in [0.15, 0.2) is 152 Å². The van der Waals surface area contributed by atoms with Crippen LogP contribution >= 0.6 is 0 Å². The van der Waals surface area contributed by atoms with E-state index in [1.165, 1.54) is 64.4 Å². The highest BCUT2D eigenvalue weighted by Crippen LogP contribution is 2.35. The molecule has 6 aromatic carbocycles. The van der Waals surface area contributed by atoms with Gasteiger partial charge in [-0.15, -0.1) is 0 Å².